The second kappa shape index (κ2) is 7.69. The first-order valence-electron chi connectivity index (χ1n) is 8.07. The molecule has 2 heterocycles. The number of nitrogens with zero attached hydrogens (tertiary/aromatic N) is 3. The van der Waals surface area contributed by atoms with E-state index in [1.165, 1.54) is 0 Å². The van der Waals surface area contributed by atoms with Crippen molar-refractivity contribution in [3.05, 3.63) is 29.3 Å². The Hall–Kier alpha value is -1.04. The van der Waals surface area contributed by atoms with Crippen LogP contribution in [0.5, 0.6) is 0 Å². The fourth-order valence-corrected chi connectivity index (χ4v) is 3.63. The highest BCUT2D eigenvalue weighted by Crippen LogP contribution is 2.28. The fraction of sp³-hybridized carbons (Fsp3) is 0.529. The Morgan fingerprint density at radius 1 is 1.30 bits per heavy atom. The lowest BCUT2D eigenvalue weighted by Crippen LogP contribution is -2.16. The van der Waals surface area contributed by atoms with Gasteiger partial charge in [-0.2, -0.15) is 0 Å². The topological polar surface area (TPSA) is 39.9 Å². The molecule has 0 unspecified atom stereocenters. The van der Waals surface area contributed by atoms with Crippen molar-refractivity contribution >= 4 is 23.4 Å². The number of benzene rings is 1. The van der Waals surface area contributed by atoms with Crippen molar-refractivity contribution in [1.29, 1.82) is 0 Å². The van der Waals surface area contributed by atoms with Gasteiger partial charge in [-0.25, -0.2) is 0 Å². The number of thioether (sulfide) groups is 1. The zero-order valence-corrected chi connectivity index (χ0v) is 15.1. The molecule has 0 N–H and O–H groups in total. The van der Waals surface area contributed by atoms with Crippen LogP contribution < -0.4 is 0 Å². The summed E-state index contributed by atoms with van der Waals surface area (Å²) in [5.74, 6) is 2.54. The Morgan fingerprint density at radius 2 is 2.09 bits per heavy atom. The first-order valence-corrected chi connectivity index (χ1v) is 9.43. The molecular formula is C17H22ClN3OS. The molecule has 1 saturated heterocycles. The van der Waals surface area contributed by atoms with E-state index in [0.717, 1.165) is 53.3 Å². The van der Waals surface area contributed by atoms with Gasteiger partial charge in [0.1, 0.15) is 0 Å². The molecule has 0 radical (unpaired) electrons. The van der Waals surface area contributed by atoms with Crippen molar-refractivity contribution in [2.45, 2.75) is 44.5 Å². The number of aromatic nitrogens is 3. The highest BCUT2D eigenvalue weighted by Gasteiger charge is 2.21. The molecule has 2 aromatic rings. The number of hydrogen-bond acceptors (Lipinski definition) is 4. The molecule has 1 atom stereocenters. The minimum Gasteiger partial charge on any atom is -0.376 e. The molecule has 23 heavy (non-hydrogen) atoms. The average molecular weight is 352 g/mol. The van der Waals surface area contributed by atoms with Crippen LogP contribution in [-0.4, -0.2) is 33.2 Å². The van der Waals surface area contributed by atoms with Crippen molar-refractivity contribution in [1.82, 2.24) is 14.8 Å². The highest BCUT2D eigenvalue weighted by molar-refractivity contribution is 7.99. The van der Waals surface area contributed by atoms with Crippen LogP contribution in [0.4, 0.5) is 0 Å². The number of halogens is 1. The van der Waals surface area contributed by atoms with Gasteiger partial charge in [-0.15, -0.1) is 10.2 Å². The third-order valence-electron chi connectivity index (χ3n) is 3.78. The van der Waals surface area contributed by atoms with Crippen molar-refractivity contribution in [2.75, 3.05) is 12.4 Å². The summed E-state index contributed by atoms with van der Waals surface area (Å²) in [6.07, 6.45) is 2.50. The van der Waals surface area contributed by atoms with Gasteiger partial charge in [0.2, 0.25) is 0 Å². The molecule has 0 aliphatic carbocycles. The van der Waals surface area contributed by atoms with Gasteiger partial charge in [0.15, 0.2) is 11.0 Å². The van der Waals surface area contributed by atoms with E-state index in [-0.39, 0.29) is 6.10 Å². The lowest BCUT2D eigenvalue weighted by Gasteiger charge is -2.15. The summed E-state index contributed by atoms with van der Waals surface area (Å²) < 4.78 is 8.01. The summed E-state index contributed by atoms with van der Waals surface area (Å²) in [5.41, 5.74) is 1.04. The van der Waals surface area contributed by atoms with E-state index in [9.17, 15) is 0 Å². The van der Waals surface area contributed by atoms with E-state index in [4.69, 9.17) is 16.3 Å². The Kier molecular flexibility index (Phi) is 5.62. The zero-order valence-electron chi connectivity index (χ0n) is 13.5. The van der Waals surface area contributed by atoms with Crippen LogP contribution in [0.25, 0.3) is 11.4 Å². The van der Waals surface area contributed by atoms with Gasteiger partial charge in [-0.1, -0.05) is 37.2 Å². The molecule has 1 aromatic carbocycles. The van der Waals surface area contributed by atoms with Crippen LogP contribution >= 0.6 is 23.4 Å². The standard InChI is InChI=1S/C17H22ClN3OS/c1-12(2)11-23-17-20-19-16(13-5-7-14(18)8-6-13)21(17)10-15-4-3-9-22-15/h5-8,12,15H,3-4,9-11H2,1-2H3/t15-/m0/s1. The van der Waals surface area contributed by atoms with Crippen molar-refractivity contribution in [3.63, 3.8) is 0 Å². The van der Waals surface area contributed by atoms with Crippen LogP contribution in [0.15, 0.2) is 29.4 Å². The van der Waals surface area contributed by atoms with E-state index in [1.807, 2.05) is 24.3 Å². The second-order valence-corrected chi connectivity index (χ2v) is 7.69. The molecule has 124 valence electrons. The van der Waals surface area contributed by atoms with Crippen LogP contribution in [0.2, 0.25) is 5.02 Å². The van der Waals surface area contributed by atoms with Crippen LogP contribution in [0.1, 0.15) is 26.7 Å². The third kappa shape index (κ3) is 4.28. The molecule has 4 nitrogen and oxygen atoms in total. The summed E-state index contributed by atoms with van der Waals surface area (Å²) in [6, 6.07) is 7.77. The van der Waals surface area contributed by atoms with Crippen LogP contribution in [0, 0.1) is 5.92 Å². The summed E-state index contributed by atoms with van der Waals surface area (Å²) >= 11 is 7.76. The largest absolute Gasteiger partial charge is 0.376 e. The normalized spacial score (nSPS) is 18.0. The van der Waals surface area contributed by atoms with E-state index in [0.29, 0.717) is 5.92 Å². The molecule has 0 amide bonds. The molecule has 0 saturated carbocycles. The van der Waals surface area contributed by atoms with E-state index >= 15 is 0 Å². The molecule has 6 heteroatoms. The molecule has 1 aliphatic heterocycles. The minimum atomic E-state index is 0.260. The Balaban J connectivity index is 1.89. The number of rotatable bonds is 6. The average Bonchev–Trinajstić information content (AvgIpc) is 3.17. The minimum absolute atomic E-state index is 0.260. The van der Waals surface area contributed by atoms with Gasteiger partial charge in [0, 0.05) is 22.9 Å². The zero-order chi connectivity index (χ0) is 16.2. The highest BCUT2D eigenvalue weighted by atomic mass is 35.5. The smallest absolute Gasteiger partial charge is 0.191 e. The lowest BCUT2D eigenvalue weighted by molar-refractivity contribution is 0.0953. The maximum Gasteiger partial charge on any atom is 0.191 e. The summed E-state index contributed by atoms with van der Waals surface area (Å²) in [4.78, 5) is 0. The van der Waals surface area contributed by atoms with E-state index in [1.54, 1.807) is 11.8 Å². The fourth-order valence-electron chi connectivity index (χ4n) is 2.61. The SMILES string of the molecule is CC(C)CSc1nnc(-c2ccc(Cl)cc2)n1C[C@@H]1CCCO1. The van der Waals surface area contributed by atoms with Crippen LogP contribution in [-0.2, 0) is 11.3 Å². The third-order valence-corrected chi connectivity index (χ3v) is 5.42. The molecular weight excluding hydrogens is 330 g/mol. The predicted octanol–water partition coefficient (Wildman–Crippen LogP) is 4.53. The molecule has 3 rings (SSSR count). The van der Waals surface area contributed by atoms with Gasteiger partial charge in [-0.3, -0.25) is 4.57 Å². The molecule has 0 spiro atoms. The first kappa shape index (κ1) is 16.8. The Morgan fingerprint density at radius 3 is 2.74 bits per heavy atom. The van der Waals surface area contributed by atoms with Crippen molar-refractivity contribution in [2.24, 2.45) is 5.92 Å². The monoisotopic (exact) mass is 351 g/mol. The summed E-state index contributed by atoms with van der Waals surface area (Å²) in [5, 5.41) is 10.5. The second-order valence-electron chi connectivity index (χ2n) is 6.26. The lowest BCUT2D eigenvalue weighted by atomic mass is 10.2. The van der Waals surface area contributed by atoms with Crippen molar-refractivity contribution < 1.29 is 4.74 Å². The quantitative estimate of drug-likeness (QED) is 0.717. The first-order chi connectivity index (χ1) is 11.1. The van der Waals surface area contributed by atoms with Gasteiger partial charge < -0.3 is 4.74 Å². The van der Waals surface area contributed by atoms with Gasteiger partial charge in [0.05, 0.1) is 12.6 Å². The Labute approximate surface area is 146 Å². The number of ether oxygens (including phenoxy) is 1. The van der Waals surface area contributed by atoms with E-state index < -0.39 is 0 Å². The molecule has 0 bridgehead atoms. The summed E-state index contributed by atoms with van der Waals surface area (Å²) in [7, 11) is 0. The van der Waals surface area contributed by atoms with Crippen molar-refractivity contribution in [3.8, 4) is 11.4 Å². The maximum absolute atomic E-state index is 6.00. The Bertz CT molecular complexity index is 636. The molecule has 1 aromatic heterocycles. The summed E-state index contributed by atoms with van der Waals surface area (Å²) in [6.45, 7) is 6.10. The molecule has 1 aliphatic rings. The van der Waals surface area contributed by atoms with E-state index in [2.05, 4.69) is 28.6 Å². The van der Waals surface area contributed by atoms with Gasteiger partial charge in [0.25, 0.3) is 0 Å². The predicted molar refractivity (Wildman–Crippen MR) is 95.0 cm³/mol. The maximum atomic E-state index is 6.00. The van der Waals surface area contributed by atoms with Crippen LogP contribution in [0.3, 0.4) is 0 Å². The van der Waals surface area contributed by atoms with Gasteiger partial charge >= 0.3 is 0 Å². The van der Waals surface area contributed by atoms with Gasteiger partial charge in [-0.05, 0) is 43.0 Å². The number of hydrogen-bond donors (Lipinski definition) is 0. The molecule has 1 fully saturated rings.